The van der Waals surface area contributed by atoms with Crippen LogP contribution in [-0.4, -0.2) is 5.91 Å². The Morgan fingerprint density at radius 2 is 2.00 bits per heavy atom. The third-order valence-corrected chi connectivity index (χ3v) is 3.63. The molecule has 2 aromatic carbocycles. The van der Waals surface area contributed by atoms with Crippen LogP contribution in [0.15, 0.2) is 42.5 Å². The lowest BCUT2D eigenvalue weighted by atomic mass is 10.1. The first kappa shape index (κ1) is 12.9. The van der Waals surface area contributed by atoms with Crippen molar-refractivity contribution in [3.05, 3.63) is 70.3 Å². The SMILES string of the molecule is Cc1cccc(C(=O)NCc2ccc3c(c2)CNC3)c1. The van der Waals surface area contributed by atoms with Crippen LogP contribution >= 0.6 is 0 Å². The van der Waals surface area contributed by atoms with Crippen molar-refractivity contribution in [2.75, 3.05) is 0 Å². The second kappa shape index (κ2) is 5.47. The van der Waals surface area contributed by atoms with Gasteiger partial charge in [0.1, 0.15) is 0 Å². The maximum absolute atomic E-state index is 12.1. The molecule has 2 N–H and O–H groups in total. The molecule has 0 aromatic heterocycles. The third kappa shape index (κ3) is 2.73. The van der Waals surface area contributed by atoms with Gasteiger partial charge < -0.3 is 10.6 Å². The molecule has 0 radical (unpaired) electrons. The lowest BCUT2D eigenvalue weighted by Crippen LogP contribution is -2.22. The van der Waals surface area contributed by atoms with Crippen molar-refractivity contribution in [2.24, 2.45) is 0 Å². The second-order valence-corrected chi connectivity index (χ2v) is 5.26. The Morgan fingerprint density at radius 3 is 2.85 bits per heavy atom. The fraction of sp³-hybridized carbons (Fsp3) is 0.235. The zero-order chi connectivity index (χ0) is 13.9. The van der Waals surface area contributed by atoms with Gasteiger partial charge in [0.25, 0.3) is 5.91 Å². The van der Waals surface area contributed by atoms with Crippen LogP contribution in [0.4, 0.5) is 0 Å². The first-order valence-electron chi connectivity index (χ1n) is 6.88. The average molecular weight is 266 g/mol. The predicted octanol–water partition coefficient (Wildman–Crippen LogP) is 2.53. The van der Waals surface area contributed by atoms with Crippen molar-refractivity contribution < 1.29 is 4.79 Å². The van der Waals surface area contributed by atoms with Gasteiger partial charge in [0.15, 0.2) is 0 Å². The van der Waals surface area contributed by atoms with Crippen LogP contribution in [0.1, 0.15) is 32.6 Å². The number of rotatable bonds is 3. The van der Waals surface area contributed by atoms with Crippen LogP contribution in [0.2, 0.25) is 0 Å². The Hall–Kier alpha value is -2.13. The molecule has 1 heterocycles. The molecule has 0 aliphatic carbocycles. The summed E-state index contributed by atoms with van der Waals surface area (Å²) < 4.78 is 0. The first-order valence-corrected chi connectivity index (χ1v) is 6.88. The fourth-order valence-corrected chi connectivity index (χ4v) is 2.53. The van der Waals surface area contributed by atoms with Crippen LogP contribution in [0.25, 0.3) is 0 Å². The first-order chi connectivity index (χ1) is 9.72. The standard InChI is InChI=1S/C17H18N2O/c1-12-3-2-4-14(7-12)17(20)19-9-13-5-6-15-10-18-11-16(15)8-13/h2-8,18H,9-11H2,1H3,(H,19,20). The normalized spacial score (nSPS) is 13.1. The van der Waals surface area contributed by atoms with E-state index in [0.29, 0.717) is 12.1 Å². The Morgan fingerprint density at radius 1 is 1.15 bits per heavy atom. The number of hydrogen-bond acceptors (Lipinski definition) is 2. The van der Waals surface area contributed by atoms with Gasteiger partial charge in [0.2, 0.25) is 0 Å². The maximum Gasteiger partial charge on any atom is 0.251 e. The van der Waals surface area contributed by atoms with Crippen molar-refractivity contribution in [3.63, 3.8) is 0 Å². The molecule has 20 heavy (non-hydrogen) atoms. The smallest absolute Gasteiger partial charge is 0.251 e. The maximum atomic E-state index is 12.1. The zero-order valence-electron chi connectivity index (χ0n) is 11.6. The van der Waals surface area contributed by atoms with E-state index in [1.54, 1.807) is 0 Å². The molecule has 0 fully saturated rings. The summed E-state index contributed by atoms with van der Waals surface area (Å²) in [5, 5.41) is 6.30. The Kier molecular flexibility index (Phi) is 3.52. The van der Waals surface area contributed by atoms with Crippen LogP contribution < -0.4 is 10.6 Å². The van der Waals surface area contributed by atoms with E-state index in [9.17, 15) is 4.79 Å². The lowest BCUT2D eigenvalue weighted by molar-refractivity contribution is 0.0951. The molecule has 0 atom stereocenters. The molecule has 3 heteroatoms. The highest BCUT2D eigenvalue weighted by molar-refractivity contribution is 5.94. The van der Waals surface area contributed by atoms with Crippen LogP contribution in [0, 0.1) is 6.92 Å². The molecule has 1 aliphatic rings. The van der Waals surface area contributed by atoms with Gasteiger partial charge in [0.05, 0.1) is 0 Å². The molecule has 3 rings (SSSR count). The summed E-state index contributed by atoms with van der Waals surface area (Å²) >= 11 is 0. The molecule has 3 nitrogen and oxygen atoms in total. The summed E-state index contributed by atoms with van der Waals surface area (Å²) in [5.41, 5.74) is 5.66. The largest absolute Gasteiger partial charge is 0.348 e. The van der Waals surface area contributed by atoms with Gasteiger partial charge in [0, 0.05) is 25.2 Å². The number of carbonyl (C=O) groups is 1. The number of aryl methyl sites for hydroxylation is 1. The zero-order valence-corrected chi connectivity index (χ0v) is 11.6. The van der Waals surface area contributed by atoms with E-state index in [2.05, 4.69) is 28.8 Å². The quantitative estimate of drug-likeness (QED) is 0.896. The summed E-state index contributed by atoms with van der Waals surface area (Å²) in [6.45, 7) is 4.44. The number of benzene rings is 2. The van der Waals surface area contributed by atoms with Crippen molar-refractivity contribution in [3.8, 4) is 0 Å². The molecular formula is C17H18N2O. The third-order valence-electron chi connectivity index (χ3n) is 3.63. The minimum Gasteiger partial charge on any atom is -0.348 e. The van der Waals surface area contributed by atoms with E-state index in [1.807, 2.05) is 31.2 Å². The van der Waals surface area contributed by atoms with E-state index in [-0.39, 0.29) is 5.91 Å². The van der Waals surface area contributed by atoms with E-state index >= 15 is 0 Å². The topological polar surface area (TPSA) is 41.1 Å². The lowest BCUT2D eigenvalue weighted by Gasteiger charge is -2.07. The minimum absolute atomic E-state index is 0.0210. The summed E-state index contributed by atoms with van der Waals surface area (Å²) in [6.07, 6.45) is 0. The van der Waals surface area contributed by atoms with Crippen molar-refractivity contribution >= 4 is 5.91 Å². The highest BCUT2D eigenvalue weighted by atomic mass is 16.1. The number of carbonyl (C=O) groups excluding carboxylic acids is 1. The Labute approximate surface area is 119 Å². The van der Waals surface area contributed by atoms with Gasteiger partial charge in [-0.25, -0.2) is 0 Å². The number of amides is 1. The summed E-state index contributed by atoms with van der Waals surface area (Å²) in [5.74, 6) is -0.0210. The van der Waals surface area contributed by atoms with E-state index in [1.165, 1.54) is 11.1 Å². The Bertz CT molecular complexity index is 649. The highest BCUT2D eigenvalue weighted by Crippen LogP contribution is 2.17. The minimum atomic E-state index is -0.0210. The van der Waals surface area contributed by atoms with Gasteiger partial charge in [-0.1, -0.05) is 35.9 Å². The highest BCUT2D eigenvalue weighted by Gasteiger charge is 2.10. The van der Waals surface area contributed by atoms with Crippen molar-refractivity contribution in [1.29, 1.82) is 0 Å². The molecule has 2 aromatic rings. The Balaban J connectivity index is 1.66. The van der Waals surface area contributed by atoms with E-state index < -0.39 is 0 Å². The second-order valence-electron chi connectivity index (χ2n) is 5.26. The number of fused-ring (bicyclic) bond motifs is 1. The monoisotopic (exact) mass is 266 g/mol. The van der Waals surface area contributed by atoms with Gasteiger partial charge in [-0.3, -0.25) is 4.79 Å². The fourth-order valence-electron chi connectivity index (χ4n) is 2.53. The number of hydrogen-bond donors (Lipinski definition) is 2. The van der Waals surface area contributed by atoms with Gasteiger partial charge in [-0.05, 0) is 35.7 Å². The number of nitrogens with one attached hydrogen (secondary N) is 2. The summed E-state index contributed by atoms with van der Waals surface area (Å²) in [7, 11) is 0. The predicted molar refractivity (Wildman–Crippen MR) is 79.3 cm³/mol. The molecule has 0 spiro atoms. The van der Waals surface area contributed by atoms with Crippen LogP contribution in [-0.2, 0) is 19.6 Å². The summed E-state index contributed by atoms with van der Waals surface area (Å²) in [6, 6.07) is 14.0. The van der Waals surface area contributed by atoms with Crippen molar-refractivity contribution in [2.45, 2.75) is 26.6 Å². The summed E-state index contributed by atoms with van der Waals surface area (Å²) in [4.78, 5) is 12.1. The van der Waals surface area contributed by atoms with E-state index in [0.717, 1.165) is 24.2 Å². The molecule has 0 unspecified atom stereocenters. The average Bonchev–Trinajstić information content (AvgIpc) is 2.92. The molecule has 0 saturated heterocycles. The molecule has 1 aliphatic heterocycles. The van der Waals surface area contributed by atoms with Gasteiger partial charge >= 0.3 is 0 Å². The molecule has 1 amide bonds. The molecule has 0 saturated carbocycles. The van der Waals surface area contributed by atoms with Gasteiger partial charge in [-0.2, -0.15) is 0 Å². The molecule has 0 bridgehead atoms. The molecule has 102 valence electrons. The van der Waals surface area contributed by atoms with Gasteiger partial charge in [-0.15, -0.1) is 0 Å². The van der Waals surface area contributed by atoms with Crippen molar-refractivity contribution in [1.82, 2.24) is 10.6 Å². The molecular weight excluding hydrogens is 248 g/mol. The van der Waals surface area contributed by atoms with Crippen LogP contribution in [0.3, 0.4) is 0 Å². The van der Waals surface area contributed by atoms with Crippen LogP contribution in [0.5, 0.6) is 0 Å². The van der Waals surface area contributed by atoms with E-state index in [4.69, 9.17) is 0 Å².